The molecule has 0 saturated carbocycles. The quantitative estimate of drug-likeness (QED) is 0.805. The average Bonchev–Trinajstić information content (AvgIpc) is 2.57. The Kier molecular flexibility index (Phi) is 3.98. The summed E-state index contributed by atoms with van der Waals surface area (Å²) in [5.74, 6) is 0.618. The first-order valence-corrected chi connectivity index (χ1v) is 6.00. The number of carbonyl (C=O) groups excluding carboxylic acids is 1. The third kappa shape index (κ3) is 3.46. The Labute approximate surface area is 102 Å². The molecule has 92 valence electrons. The third-order valence-corrected chi connectivity index (χ3v) is 2.79. The molecule has 1 aliphatic heterocycles. The maximum Gasteiger partial charge on any atom is 0.415 e. The first-order valence-electron chi connectivity index (χ1n) is 6.00. The zero-order valence-electron chi connectivity index (χ0n) is 10.1. The van der Waals surface area contributed by atoms with Gasteiger partial charge in [-0.05, 0) is 37.6 Å². The van der Waals surface area contributed by atoms with Crippen molar-refractivity contribution in [2.75, 3.05) is 26.2 Å². The molecular weight excluding hydrogens is 216 g/mol. The van der Waals surface area contributed by atoms with Gasteiger partial charge in [0.2, 0.25) is 0 Å². The highest BCUT2D eigenvalue weighted by Crippen LogP contribution is 2.13. The van der Waals surface area contributed by atoms with Crippen LogP contribution < -0.4 is 10.1 Å². The van der Waals surface area contributed by atoms with Crippen LogP contribution in [0, 0.1) is 6.92 Å². The molecule has 0 aromatic heterocycles. The lowest BCUT2D eigenvalue weighted by molar-refractivity contribution is 0.155. The van der Waals surface area contributed by atoms with Crippen LogP contribution in [0.15, 0.2) is 24.3 Å². The monoisotopic (exact) mass is 234 g/mol. The first-order chi connectivity index (χ1) is 8.25. The lowest BCUT2D eigenvalue weighted by Crippen LogP contribution is -2.36. The summed E-state index contributed by atoms with van der Waals surface area (Å²) in [6.45, 7) is 5.26. The highest BCUT2D eigenvalue weighted by Gasteiger charge is 2.16. The van der Waals surface area contributed by atoms with Gasteiger partial charge in [-0.2, -0.15) is 0 Å². The Morgan fingerprint density at radius 2 is 2.24 bits per heavy atom. The fourth-order valence-corrected chi connectivity index (χ4v) is 1.87. The number of hydrogen-bond donors (Lipinski definition) is 1. The van der Waals surface area contributed by atoms with Gasteiger partial charge in [0.15, 0.2) is 0 Å². The van der Waals surface area contributed by atoms with Gasteiger partial charge in [0.25, 0.3) is 0 Å². The van der Waals surface area contributed by atoms with E-state index in [1.165, 1.54) is 0 Å². The molecule has 1 heterocycles. The van der Waals surface area contributed by atoms with Gasteiger partial charge in [-0.3, -0.25) is 0 Å². The molecule has 0 radical (unpaired) electrons. The van der Waals surface area contributed by atoms with Crippen molar-refractivity contribution in [1.82, 2.24) is 10.2 Å². The molecule has 4 nitrogen and oxygen atoms in total. The van der Waals surface area contributed by atoms with Crippen molar-refractivity contribution in [2.45, 2.75) is 13.3 Å². The molecule has 0 unspecified atom stereocenters. The Bertz CT molecular complexity index is 385. The maximum absolute atomic E-state index is 11.9. The summed E-state index contributed by atoms with van der Waals surface area (Å²) in [4.78, 5) is 13.7. The minimum absolute atomic E-state index is 0.251. The Balaban J connectivity index is 1.95. The molecule has 1 aromatic carbocycles. The van der Waals surface area contributed by atoms with E-state index < -0.39 is 0 Å². The molecule has 1 fully saturated rings. The predicted octanol–water partition coefficient (Wildman–Crippen LogP) is 1.79. The van der Waals surface area contributed by atoms with Crippen molar-refractivity contribution < 1.29 is 9.53 Å². The van der Waals surface area contributed by atoms with Crippen molar-refractivity contribution in [3.05, 3.63) is 29.8 Å². The van der Waals surface area contributed by atoms with Crippen LogP contribution in [0.3, 0.4) is 0 Å². The SMILES string of the molecule is Cc1cccc(OC(=O)N2CCCNCC2)c1. The lowest BCUT2D eigenvalue weighted by atomic mass is 10.2. The maximum atomic E-state index is 11.9. The van der Waals surface area contributed by atoms with Gasteiger partial charge in [-0.15, -0.1) is 0 Å². The Morgan fingerprint density at radius 1 is 1.35 bits per heavy atom. The van der Waals surface area contributed by atoms with E-state index in [1.807, 2.05) is 25.1 Å². The van der Waals surface area contributed by atoms with Gasteiger partial charge in [-0.25, -0.2) is 4.79 Å². The van der Waals surface area contributed by atoms with Crippen molar-refractivity contribution in [1.29, 1.82) is 0 Å². The molecule has 1 aliphatic rings. The molecule has 0 spiro atoms. The van der Waals surface area contributed by atoms with Gasteiger partial charge in [0, 0.05) is 19.6 Å². The zero-order valence-corrected chi connectivity index (χ0v) is 10.1. The lowest BCUT2D eigenvalue weighted by Gasteiger charge is -2.19. The summed E-state index contributed by atoms with van der Waals surface area (Å²) in [7, 11) is 0. The summed E-state index contributed by atoms with van der Waals surface area (Å²) in [6, 6.07) is 7.55. The highest BCUT2D eigenvalue weighted by molar-refractivity contribution is 5.70. The topological polar surface area (TPSA) is 41.6 Å². The number of rotatable bonds is 1. The Hall–Kier alpha value is -1.55. The number of amides is 1. The van der Waals surface area contributed by atoms with E-state index in [2.05, 4.69) is 5.32 Å². The molecule has 1 saturated heterocycles. The molecular formula is C13H18N2O2. The summed E-state index contributed by atoms with van der Waals surface area (Å²) < 4.78 is 5.35. The van der Waals surface area contributed by atoms with Crippen LogP contribution in [0.2, 0.25) is 0 Å². The number of ether oxygens (including phenoxy) is 1. The van der Waals surface area contributed by atoms with Crippen molar-refractivity contribution in [3.8, 4) is 5.75 Å². The standard InChI is InChI=1S/C13H18N2O2/c1-11-4-2-5-12(10-11)17-13(16)15-8-3-6-14-7-9-15/h2,4-5,10,14H,3,6-9H2,1H3. The van der Waals surface area contributed by atoms with E-state index >= 15 is 0 Å². The van der Waals surface area contributed by atoms with Crippen LogP contribution in [-0.4, -0.2) is 37.2 Å². The molecule has 0 atom stereocenters. The highest BCUT2D eigenvalue weighted by atomic mass is 16.6. The molecule has 17 heavy (non-hydrogen) atoms. The molecule has 2 rings (SSSR count). The number of carbonyl (C=O) groups is 1. The summed E-state index contributed by atoms with van der Waals surface area (Å²) in [5.41, 5.74) is 1.09. The van der Waals surface area contributed by atoms with E-state index in [0.717, 1.165) is 31.6 Å². The molecule has 1 amide bonds. The summed E-state index contributed by atoms with van der Waals surface area (Å²) in [5, 5.41) is 3.26. The molecule has 4 heteroatoms. The molecule has 1 N–H and O–H groups in total. The number of benzene rings is 1. The minimum Gasteiger partial charge on any atom is -0.410 e. The number of nitrogens with one attached hydrogen (secondary N) is 1. The van der Waals surface area contributed by atoms with Gasteiger partial charge >= 0.3 is 6.09 Å². The molecule has 0 aliphatic carbocycles. The van der Waals surface area contributed by atoms with Crippen molar-refractivity contribution >= 4 is 6.09 Å². The van der Waals surface area contributed by atoms with E-state index in [-0.39, 0.29) is 6.09 Å². The minimum atomic E-state index is -0.251. The van der Waals surface area contributed by atoms with Crippen LogP contribution in [0.4, 0.5) is 4.79 Å². The van der Waals surface area contributed by atoms with Gasteiger partial charge in [0.1, 0.15) is 5.75 Å². The second kappa shape index (κ2) is 5.68. The summed E-state index contributed by atoms with van der Waals surface area (Å²) in [6.07, 6.45) is 0.724. The third-order valence-electron chi connectivity index (χ3n) is 2.79. The normalized spacial score (nSPS) is 16.4. The Morgan fingerprint density at radius 3 is 3.06 bits per heavy atom. The molecule has 0 bridgehead atoms. The number of hydrogen-bond acceptors (Lipinski definition) is 3. The fourth-order valence-electron chi connectivity index (χ4n) is 1.87. The zero-order chi connectivity index (χ0) is 12.1. The van der Waals surface area contributed by atoms with Gasteiger partial charge in [0.05, 0.1) is 0 Å². The van der Waals surface area contributed by atoms with Crippen molar-refractivity contribution in [3.63, 3.8) is 0 Å². The van der Waals surface area contributed by atoms with Crippen LogP contribution in [0.5, 0.6) is 5.75 Å². The second-order valence-corrected chi connectivity index (χ2v) is 4.28. The number of nitrogens with zero attached hydrogens (tertiary/aromatic N) is 1. The smallest absolute Gasteiger partial charge is 0.410 e. The van der Waals surface area contributed by atoms with E-state index in [0.29, 0.717) is 12.3 Å². The van der Waals surface area contributed by atoms with Gasteiger partial charge in [-0.1, -0.05) is 12.1 Å². The van der Waals surface area contributed by atoms with E-state index in [9.17, 15) is 4.79 Å². The van der Waals surface area contributed by atoms with Crippen LogP contribution in [0.1, 0.15) is 12.0 Å². The van der Waals surface area contributed by atoms with Gasteiger partial charge < -0.3 is 15.0 Å². The van der Waals surface area contributed by atoms with E-state index in [1.54, 1.807) is 11.0 Å². The average molecular weight is 234 g/mol. The van der Waals surface area contributed by atoms with E-state index in [4.69, 9.17) is 4.74 Å². The summed E-state index contributed by atoms with van der Waals surface area (Å²) >= 11 is 0. The second-order valence-electron chi connectivity index (χ2n) is 4.28. The molecule has 1 aromatic rings. The van der Waals surface area contributed by atoms with Crippen molar-refractivity contribution in [2.24, 2.45) is 0 Å². The first kappa shape index (κ1) is 11.9. The number of aryl methyl sites for hydroxylation is 1. The largest absolute Gasteiger partial charge is 0.415 e. The fraction of sp³-hybridized carbons (Fsp3) is 0.462. The van der Waals surface area contributed by atoms with Crippen LogP contribution >= 0.6 is 0 Å². The van der Waals surface area contributed by atoms with Crippen LogP contribution in [-0.2, 0) is 0 Å². The predicted molar refractivity (Wildman–Crippen MR) is 66.3 cm³/mol. The van der Waals surface area contributed by atoms with Crippen LogP contribution in [0.25, 0.3) is 0 Å².